The average Bonchev–Trinajstić information content (AvgIpc) is 2.68. The summed E-state index contributed by atoms with van der Waals surface area (Å²) in [6.45, 7) is 2.81. The van der Waals surface area contributed by atoms with Gasteiger partial charge in [-0.3, -0.25) is 0 Å². The molecule has 0 bridgehead atoms. The third-order valence-electron chi connectivity index (χ3n) is 2.56. The molecule has 0 atom stereocenters. The van der Waals surface area contributed by atoms with Crippen molar-refractivity contribution in [3.05, 3.63) is 45.3 Å². The second kappa shape index (κ2) is 4.97. The Labute approximate surface area is 109 Å². The molecule has 2 rings (SSSR count). The maximum Gasteiger partial charge on any atom is 0.0648 e. The van der Waals surface area contributed by atoms with E-state index in [0.717, 1.165) is 15.7 Å². The molecule has 1 aromatic heterocycles. The van der Waals surface area contributed by atoms with Crippen molar-refractivity contribution in [2.24, 2.45) is 5.73 Å². The number of nitrogens with zero attached hydrogens (tertiary/aromatic N) is 2. The molecule has 0 unspecified atom stereocenters. The van der Waals surface area contributed by atoms with Gasteiger partial charge < -0.3 is 5.73 Å². The number of hydrogen-bond donors (Lipinski definition) is 1. The van der Waals surface area contributed by atoms with Gasteiger partial charge in [0.15, 0.2) is 0 Å². The zero-order valence-corrected chi connectivity index (χ0v) is 11.3. The zero-order chi connectivity index (χ0) is 11.5. The topological polar surface area (TPSA) is 43.8 Å². The minimum Gasteiger partial charge on any atom is -0.330 e. The molecule has 0 radical (unpaired) electrons. The molecular formula is C12H14IN3. The van der Waals surface area contributed by atoms with Crippen molar-refractivity contribution < 1.29 is 0 Å². The van der Waals surface area contributed by atoms with Crippen LogP contribution in [0.2, 0.25) is 0 Å². The standard InChI is InChI=1S/C12H14IN3/c1-9-6-12(3-2-10(9)4-5-14)16-8-11(13)7-15-16/h2-3,6-8H,4-5,14H2,1H3. The van der Waals surface area contributed by atoms with E-state index in [2.05, 4.69) is 52.8 Å². The normalized spacial score (nSPS) is 10.7. The molecule has 0 amide bonds. The summed E-state index contributed by atoms with van der Waals surface area (Å²) >= 11 is 2.26. The van der Waals surface area contributed by atoms with Crippen molar-refractivity contribution in [1.82, 2.24) is 9.78 Å². The molecule has 1 heterocycles. The number of benzene rings is 1. The second-order valence-corrected chi connectivity index (χ2v) is 5.00. The van der Waals surface area contributed by atoms with E-state index in [1.165, 1.54) is 11.1 Å². The number of aromatic nitrogens is 2. The van der Waals surface area contributed by atoms with E-state index in [0.29, 0.717) is 6.54 Å². The number of nitrogens with two attached hydrogens (primary N) is 1. The van der Waals surface area contributed by atoms with Gasteiger partial charge in [-0.1, -0.05) is 6.07 Å². The molecule has 2 aromatic rings. The summed E-state index contributed by atoms with van der Waals surface area (Å²) in [6, 6.07) is 6.36. The van der Waals surface area contributed by atoms with Gasteiger partial charge >= 0.3 is 0 Å². The summed E-state index contributed by atoms with van der Waals surface area (Å²) in [5.74, 6) is 0. The quantitative estimate of drug-likeness (QED) is 0.879. The number of halogens is 1. The summed E-state index contributed by atoms with van der Waals surface area (Å²) < 4.78 is 3.03. The van der Waals surface area contributed by atoms with Crippen LogP contribution in [0.25, 0.3) is 5.69 Å². The van der Waals surface area contributed by atoms with E-state index in [4.69, 9.17) is 5.73 Å². The average molecular weight is 327 g/mol. The minimum absolute atomic E-state index is 0.694. The monoisotopic (exact) mass is 327 g/mol. The summed E-state index contributed by atoms with van der Waals surface area (Å²) in [4.78, 5) is 0. The maximum absolute atomic E-state index is 5.56. The van der Waals surface area contributed by atoms with Gasteiger partial charge in [-0.25, -0.2) is 4.68 Å². The molecule has 1 aromatic carbocycles. The van der Waals surface area contributed by atoms with E-state index in [1.54, 1.807) is 0 Å². The predicted molar refractivity (Wildman–Crippen MR) is 73.8 cm³/mol. The van der Waals surface area contributed by atoms with Crippen LogP contribution in [0.4, 0.5) is 0 Å². The van der Waals surface area contributed by atoms with Crippen LogP contribution >= 0.6 is 22.6 Å². The van der Waals surface area contributed by atoms with Crippen LogP contribution in [-0.4, -0.2) is 16.3 Å². The van der Waals surface area contributed by atoms with Gasteiger partial charge in [0, 0.05) is 6.20 Å². The second-order valence-electron chi connectivity index (χ2n) is 3.75. The summed E-state index contributed by atoms with van der Waals surface area (Å²) in [5.41, 5.74) is 9.25. The predicted octanol–water partition coefficient (Wildman–Crippen LogP) is 2.29. The number of aryl methyl sites for hydroxylation is 1. The minimum atomic E-state index is 0.694. The molecule has 4 heteroatoms. The third kappa shape index (κ3) is 2.44. The van der Waals surface area contributed by atoms with Gasteiger partial charge in [0.25, 0.3) is 0 Å². The van der Waals surface area contributed by atoms with E-state index in [9.17, 15) is 0 Å². The molecule has 0 aliphatic rings. The lowest BCUT2D eigenvalue weighted by Gasteiger charge is -2.07. The fourth-order valence-corrected chi connectivity index (χ4v) is 2.09. The van der Waals surface area contributed by atoms with E-state index in [-0.39, 0.29) is 0 Å². The van der Waals surface area contributed by atoms with Gasteiger partial charge in [0.1, 0.15) is 0 Å². The molecule has 16 heavy (non-hydrogen) atoms. The molecule has 2 N–H and O–H groups in total. The Morgan fingerprint density at radius 3 is 2.81 bits per heavy atom. The first-order chi connectivity index (χ1) is 7.70. The Kier molecular flexibility index (Phi) is 3.60. The van der Waals surface area contributed by atoms with Crippen molar-refractivity contribution in [1.29, 1.82) is 0 Å². The lowest BCUT2D eigenvalue weighted by Crippen LogP contribution is -2.05. The first-order valence-corrected chi connectivity index (χ1v) is 6.28. The van der Waals surface area contributed by atoms with E-state index < -0.39 is 0 Å². The van der Waals surface area contributed by atoms with Crippen LogP contribution in [0.1, 0.15) is 11.1 Å². The molecule has 0 spiro atoms. The Balaban J connectivity index is 2.34. The maximum atomic E-state index is 5.56. The van der Waals surface area contributed by atoms with Crippen LogP contribution in [0.3, 0.4) is 0 Å². The Hall–Kier alpha value is -0.880. The van der Waals surface area contributed by atoms with E-state index >= 15 is 0 Å². The first-order valence-electron chi connectivity index (χ1n) is 5.21. The van der Waals surface area contributed by atoms with Gasteiger partial charge in [-0.15, -0.1) is 0 Å². The summed E-state index contributed by atoms with van der Waals surface area (Å²) in [5, 5.41) is 4.29. The molecule has 0 aliphatic carbocycles. The first kappa shape index (κ1) is 11.6. The summed E-state index contributed by atoms with van der Waals surface area (Å²) in [6.07, 6.45) is 4.80. The molecule has 0 aliphatic heterocycles. The van der Waals surface area contributed by atoms with Crippen LogP contribution in [0.5, 0.6) is 0 Å². The molecule has 3 nitrogen and oxygen atoms in total. The van der Waals surface area contributed by atoms with Gasteiger partial charge in [0.05, 0.1) is 15.5 Å². The van der Waals surface area contributed by atoms with Crippen LogP contribution in [-0.2, 0) is 6.42 Å². The van der Waals surface area contributed by atoms with Crippen molar-refractivity contribution >= 4 is 22.6 Å². The summed E-state index contributed by atoms with van der Waals surface area (Å²) in [7, 11) is 0. The lowest BCUT2D eigenvalue weighted by atomic mass is 10.1. The highest BCUT2D eigenvalue weighted by Crippen LogP contribution is 2.15. The number of rotatable bonds is 3. The lowest BCUT2D eigenvalue weighted by molar-refractivity contribution is 0.874. The van der Waals surface area contributed by atoms with Crippen molar-refractivity contribution in [2.45, 2.75) is 13.3 Å². The zero-order valence-electron chi connectivity index (χ0n) is 9.15. The fourth-order valence-electron chi connectivity index (χ4n) is 1.70. The van der Waals surface area contributed by atoms with E-state index in [1.807, 2.05) is 17.1 Å². The smallest absolute Gasteiger partial charge is 0.0648 e. The largest absolute Gasteiger partial charge is 0.330 e. The van der Waals surface area contributed by atoms with Crippen LogP contribution < -0.4 is 5.73 Å². The SMILES string of the molecule is Cc1cc(-n2cc(I)cn2)ccc1CCN. The Bertz CT molecular complexity index is 491. The van der Waals surface area contributed by atoms with Crippen LogP contribution in [0, 0.1) is 10.5 Å². The third-order valence-corrected chi connectivity index (χ3v) is 3.11. The van der Waals surface area contributed by atoms with Gasteiger partial charge in [-0.05, 0) is 65.7 Å². The molecule has 0 saturated heterocycles. The van der Waals surface area contributed by atoms with Crippen molar-refractivity contribution in [2.75, 3.05) is 6.54 Å². The van der Waals surface area contributed by atoms with Gasteiger partial charge in [-0.2, -0.15) is 5.10 Å². The molecule has 84 valence electrons. The Morgan fingerprint density at radius 2 is 2.25 bits per heavy atom. The Morgan fingerprint density at radius 1 is 1.44 bits per heavy atom. The van der Waals surface area contributed by atoms with Gasteiger partial charge in [0.2, 0.25) is 0 Å². The molecule has 0 saturated carbocycles. The fraction of sp³-hybridized carbons (Fsp3) is 0.250. The highest BCUT2D eigenvalue weighted by atomic mass is 127. The molecular weight excluding hydrogens is 313 g/mol. The highest BCUT2D eigenvalue weighted by Gasteiger charge is 2.02. The van der Waals surface area contributed by atoms with Crippen molar-refractivity contribution in [3.8, 4) is 5.69 Å². The van der Waals surface area contributed by atoms with Crippen molar-refractivity contribution in [3.63, 3.8) is 0 Å². The van der Waals surface area contributed by atoms with Crippen LogP contribution in [0.15, 0.2) is 30.6 Å². The highest BCUT2D eigenvalue weighted by molar-refractivity contribution is 14.1. The molecule has 0 fully saturated rings. The number of hydrogen-bond acceptors (Lipinski definition) is 2.